The van der Waals surface area contributed by atoms with Gasteiger partial charge < -0.3 is 10.5 Å². The van der Waals surface area contributed by atoms with Crippen molar-refractivity contribution in [3.8, 4) is 17.1 Å². The molecular formula is C11H9F3N4O. The van der Waals surface area contributed by atoms with Gasteiger partial charge in [-0.05, 0) is 24.3 Å². The molecule has 8 heteroatoms. The van der Waals surface area contributed by atoms with Crippen molar-refractivity contribution in [2.45, 2.75) is 6.18 Å². The summed E-state index contributed by atoms with van der Waals surface area (Å²) in [6.07, 6.45) is -3.10. The summed E-state index contributed by atoms with van der Waals surface area (Å²) < 4.78 is 41.0. The number of hydrogen-bond acceptors (Lipinski definition) is 5. The van der Waals surface area contributed by atoms with Crippen LogP contribution >= 0.6 is 0 Å². The number of pyridine rings is 1. The highest BCUT2D eigenvalue weighted by Gasteiger charge is 2.29. The average Bonchev–Trinajstić information content (AvgIpc) is 2.37. The molecule has 0 saturated carbocycles. The normalized spacial score (nSPS) is 11.3. The molecule has 100 valence electrons. The molecule has 5 nitrogen and oxygen atoms in total. The molecule has 0 aliphatic heterocycles. The highest BCUT2D eigenvalue weighted by atomic mass is 19.4. The van der Waals surface area contributed by atoms with E-state index in [1.165, 1.54) is 18.3 Å². The van der Waals surface area contributed by atoms with Crippen molar-refractivity contribution in [1.82, 2.24) is 15.2 Å². The monoisotopic (exact) mass is 270 g/mol. The number of nitrogens with two attached hydrogens (primary N) is 1. The predicted octanol–water partition coefficient (Wildman–Crippen LogP) is 2.06. The van der Waals surface area contributed by atoms with Crippen LogP contribution in [0.5, 0.6) is 5.88 Å². The van der Waals surface area contributed by atoms with Crippen LogP contribution < -0.4 is 10.5 Å². The van der Waals surface area contributed by atoms with E-state index in [9.17, 15) is 13.2 Å². The highest BCUT2D eigenvalue weighted by molar-refractivity contribution is 5.64. The summed E-state index contributed by atoms with van der Waals surface area (Å²) in [5, 5.41) is 7.41. The lowest BCUT2D eigenvalue weighted by Gasteiger charge is -2.11. The molecule has 0 unspecified atom stereocenters. The number of anilines is 1. The number of nitrogen functional groups attached to an aromatic ring is 1. The summed E-state index contributed by atoms with van der Waals surface area (Å²) in [5.74, 6) is 0.0595. The van der Waals surface area contributed by atoms with Gasteiger partial charge in [-0.25, -0.2) is 4.98 Å². The third-order valence-electron chi connectivity index (χ3n) is 2.10. The molecule has 2 heterocycles. The molecule has 2 aromatic heterocycles. The number of alkyl halides is 3. The second-order valence-electron chi connectivity index (χ2n) is 3.60. The Hall–Kier alpha value is -2.38. The molecule has 0 aliphatic carbocycles. The summed E-state index contributed by atoms with van der Waals surface area (Å²) in [4.78, 5) is 3.76. The first-order valence-electron chi connectivity index (χ1n) is 5.20. The van der Waals surface area contributed by atoms with Crippen molar-refractivity contribution in [1.29, 1.82) is 0 Å². The summed E-state index contributed by atoms with van der Waals surface area (Å²) in [6, 6.07) is 6.12. The van der Waals surface area contributed by atoms with Crippen molar-refractivity contribution < 1.29 is 17.9 Å². The van der Waals surface area contributed by atoms with Crippen LogP contribution in [0.2, 0.25) is 0 Å². The van der Waals surface area contributed by atoms with E-state index in [2.05, 4.69) is 19.9 Å². The fourth-order valence-electron chi connectivity index (χ4n) is 1.34. The van der Waals surface area contributed by atoms with Crippen LogP contribution in [0.1, 0.15) is 0 Å². The summed E-state index contributed by atoms with van der Waals surface area (Å²) in [7, 11) is 0. The minimum absolute atomic E-state index is 0.154. The molecular weight excluding hydrogens is 261 g/mol. The van der Waals surface area contributed by atoms with Crippen LogP contribution in [0.15, 0.2) is 30.5 Å². The Morgan fingerprint density at radius 1 is 1.16 bits per heavy atom. The standard InChI is InChI=1S/C11H9F3N4O/c12-11(13,14)6-19-10-7(2-1-5-16-10)8-3-4-9(15)18-17-8/h1-5H,6H2,(H2,15,18). The lowest BCUT2D eigenvalue weighted by molar-refractivity contribution is -0.154. The van der Waals surface area contributed by atoms with E-state index in [0.29, 0.717) is 11.3 Å². The first-order chi connectivity index (χ1) is 8.96. The molecule has 0 amide bonds. The van der Waals surface area contributed by atoms with Gasteiger partial charge in [0.15, 0.2) is 6.61 Å². The van der Waals surface area contributed by atoms with Crippen LogP contribution in [0, 0.1) is 0 Å². The van der Waals surface area contributed by atoms with Crippen LogP contribution in [-0.4, -0.2) is 28.0 Å². The van der Waals surface area contributed by atoms with Crippen molar-refractivity contribution in [2.24, 2.45) is 0 Å². The fourth-order valence-corrected chi connectivity index (χ4v) is 1.34. The Balaban J connectivity index is 2.28. The number of aromatic nitrogens is 3. The van der Waals surface area contributed by atoms with Gasteiger partial charge in [0.25, 0.3) is 0 Å². The third-order valence-corrected chi connectivity index (χ3v) is 2.10. The largest absolute Gasteiger partial charge is 0.468 e. The van der Waals surface area contributed by atoms with E-state index in [0.717, 1.165) is 0 Å². The topological polar surface area (TPSA) is 73.9 Å². The Bertz CT molecular complexity index is 557. The molecule has 0 aliphatic rings. The Labute approximate surface area is 106 Å². The van der Waals surface area contributed by atoms with Gasteiger partial charge in [0.1, 0.15) is 5.82 Å². The molecule has 0 bridgehead atoms. The van der Waals surface area contributed by atoms with Crippen molar-refractivity contribution in [3.05, 3.63) is 30.5 Å². The van der Waals surface area contributed by atoms with Crippen molar-refractivity contribution in [2.75, 3.05) is 12.3 Å². The number of ether oxygens (including phenoxy) is 1. The Morgan fingerprint density at radius 3 is 2.58 bits per heavy atom. The molecule has 0 fully saturated rings. The summed E-state index contributed by atoms with van der Waals surface area (Å²) in [5.41, 5.74) is 6.04. The maximum absolute atomic E-state index is 12.1. The summed E-state index contributed by atoms with van der Waals surface area (Å²) in [6.45, 7) is -1.42. The number of nitrogens with zero attached hydrogens (tertiary/aromatic N) is 3. The lowest BCUT2D eigenvalue weighted by Crippen LogP contribution is -2.20. The lowest BCUT2D eigenvalue weighted by atomic mass is 10.2. The second-order valence-corrected chi connectivity index (χ2v) is 3.60. The van der Waals surface area contributed by atoms with Gasteiger partial charge in [-0.2, -0.15) is 13.2 Å². The average molecular weight is 270 g/mol. The first kappa shape index (κ1) is 13.1. The van der Waals surface area contributed by atoms with Gasteiger partial charge in [-0.3, -0.25) is 0 Å². The Morgan fingerprint density at radius 2 is 1.95 bits per heavy atom. The Kier molecular flexibility index (Phi) is 3.50. The van der Waals surface area contributed by atoms with E-state index in [1.54, 1.807) is 12.1 Å². The van der Waals surface area contributed by atoms with Gasteiger partial charge in [0.2, 0.25) is 5.88 Å². The maximum Gasteiger partial charge on any atom is 0.422 e. The molecule has 0 spiro atoms. The van der Waals surface area contributed by atoms with E-state index in [4.69, 9.17) is 5.73 Å². The van der Waals surface area contributed by atoms with Crippen LogP contribution in [0.4, 0.5) is 19.0 Å². The summed E-state index contributed by atoms with van der Waals surface area (Å²) >= 11 is 0. The molecule has 2 N–H and O–H groups in total. The van der Waals surface area contributed by atoms with E-state index in [1.807, 2.05) is 0 Å². The first-order valence-corrected chi connectivity index (χ1v) is 5.20. The molecule has 0 radical (unpaired) electrons. The predicted molar refractivity (Wildman–Crippen MR) is 61.2 cm³/mol. The van der Waals surface area contributed by atoms with Gasteiger partial charge in [0.05, 0.1) is 11.3 Å². The zero-order valence-corrected chi connectivity index (χ0v) is 9.55. The third kappa shape index (κ3) is 3.54. The SMILES string of the molecule is Nc1ccc(-c2cccnc2OCC(F)(F)F)nn1. The molecule has 2 aromatic rings. The minimum Gasteiger partial charge on any atom is -0.468 e. The molecule has 0 aromatic carbocycles. The van der Waals surface area contributed by atoms with Crippen LogP contribution in [0.3, 0.4) is 0 Å². The zero-order valence-electron chi connectivity index (χ0n) is 9.55. The van der Waals surface area contributed by atoms with E-state index >= 15 is 0 Å². The molecule has 19 heavy (non-hydrogen) atoms. The van der Waals surface area contributed by atoms with Gasteiger partial charge in [-0.15, -0.1) is 10.2 Å². The van der Waals surface area contributed by atoms with Crippen LogP contribution in [-0.2, 0) is 0 Å². The zero-order chi connectivity index (χ0) is 13.9. The molecule has 0 saturated heterocycles. The van der Waals surface area contributed by atoms with E-state index in [-0.39, 0.29) is 11.7 Å². The van der Waals surface area contributed by atoms with Crippen LogP contribution in [0.25, 0.3) is 11.3 Å². The quantitative estimate of drug-likeness (QED) is 0.924. The van der Waals surface area contributed by atoms with Crippen molar-refractivity contribution in [3.63, 3.8) is 0 Å². The number of rotatable bonds is 3. The van der Waals surface area contributed by atoms with Gasteiger partial charge in [-0.1, -0.05) is 0 Å². The number of halogens is 3. The fraction of sp³-hybridized carbons (Fsp3) is 0.182. The van der Waals surface area contributed by atoms with Gasteiger partial charge in [0, 0.05) is 6.20 Å². The molecule has 0 atom stereocenters. The highest BCUT2D eigenvalue weighted by Crippen LogP contribution is 2.27. The number of hydrogen-bond donors (Lipinski definition) is 1. The van der Waals surface area contributed by atoms with Crippen molar-refractivity contribution >= 4 is 5.82 Å². The minimum atomic E-state index is -4.43. The maximum atomic E-state index is 12.1. The molecule has 2 rings (SSSR count). The second kappa shape index (κ2) is 5.09. The smallest absolute Gasteiger partial charge is 0.422 e. The van der Waals surface area contributed by atoms with Gasteiger partial charge >= 0.3 is 6.18 Å². The van der Waals surface area contributed by atoms with E-state index < -0.39 is 12.8 Å².